The first-order valence-corrected chi connectivity index (χ1v) is 7.48. The predicted molar refractivity (Wildman–Crippen MR) is 85.7 cm³/mol. The van der Waals surface area contributed by atoms with E-state index in [1.54, 1.807) is 0 Å². The van der Waals surface area contributed by atoms with Crippen molar-refractivity contribution >= 4 is 5.91 Å². The van der Waals surface area contributed by atoms with Crippen molar-refractivity contribution in [2.24, 2.45) is 0 Å². The minimum Gasteiger partial charge on any atom is -0.483 e. The Kier molecular flexibility index (Phi) is 5.87. The first kappa shape index (κ1) is 17.9. The number of para-hydroxylation sites is 1. The molecule has 0 saturated heterocycles. The summed E-state index contributed by atoms with van der Waals surface area (Å²) in [6, 6.07) is 8.92. The van der Waals surface area contributed by atoms with E-state index >= 15 is 0 Å². The van der Waals surface area contributed by atoms with Gasteiger partial charge in [0.15, 0.2) is 6.61 Å². The Morgan fingerprint density at radius 1 is 1.12 bits per heavy atom. The topological polar surface area (TPSA) is 58.6 Å². The molecular weight excluding hydrogens is 316 g/mol. The van der Waals surface area contributed by atoms with Crippen LogP contribution in [-0.2, 0) is 4.79 Å². The highest BCUT2D eigenvalue weighted by Gasteiger charge is 2.18. The molecule has 4 nitrogen and oxygen atoms in total. The molecule has 0 aliphatic rings. The van der Waals surface area contributed by atoms with Gasteiger partial charge in [0.1, 0.15) is 23.5 Å². The summed E-state index contributed by atoms with van der Waals surface area (Å²) >= 11 is 0. The van der Waals surface area contributed by atoms with Gasteiger partial charge in [-0.15, -0.1) is 0 Å². The first-order valence-electron chi connectivity index (χ1n) is 7.48. The van der Waals surface area contributed by atoms with Gasteiger partial charge in [-0.25, -0.2) is 8.78 Å². The number of carbonyl (C=O) groups is 1. The maximum absolute atomic E-state index is 13.5. The standard InChI is InChI=1S/C18H19F2NO3/c1-11-5-3-6-12(2)18(11)24-10-16(23)21-9-15(22)17-13(19)7-4-8-14(17)20/h3-8,15,22H,9-10H2,1-2H3,(H,21,23). The van der Waals surface area contributed by atoms with Crippen LogP contribution in [0.1, 0.15) is 22.8 Å². The van der Waals surface area contributed by atoms with Crippen molar-refractivity contribution < 1.29 is 23.4 Å². The molecule has 0 aromatic heterocycles. The third-order valence-electron chi connectivity index (χ3n) is 3.58. The van der Waals surface area contributed by atoms with Crippen LogP contribution in [0.5, 0.6) is 5.75 Å². The number of aliphatic hydroxyl groups excluding tert-OH is 1. The second-order valence-electron chi connectivity index (χ2n) is 5.46. The third kappa shape index (κ3) is 4.29. The van der Waals surface area contributed by atoms with Crippen LogP contribution >= 0.6 is 0 Å². The van der Waals surface area contributed by atoms with E-state index in [1.807, 2.05) is 32.0 Å². The molecule has 0 spiro atoms. The molecule has 6 heteroatoms. The van der Waals surface area contributed by atoms with Gasteiger partial charge in [-0.1, -0.05) is 24.3 Å². The van der Waals surface area contributed by atoms with Crippen LogP contribution < -0.4 is 10.1 Å². The molecule has 0 fully saturated rings. The molecule has 2 N–H and O–H groups in total. The summed E-state index contributed by atoms with van der Waals surface area (Å²) < 4.78 is 32.6. The number of carbonyl (C=O) groups excluding carboxylic acids is 1. The maximum Gasteiger partial charge on any atom is 0.258 e. The van der Waals surface area contributed by atoms with Crippen molar-refractivity contribution in [1.82, 2.24) is 5.32 Å². The Labute approximate surface area is 139 Å². The molecule has 2 aromatic rings. The molecule has 2 aromatic carbocycles. The Morgan fingerprint density at radius 2 is 1.67 bits per heavy atom. The highest BCUT2D eigenvalue weighted by atomic mass is 19.1. The number of aryl methyl sites for hydroxylation is 2. The van der Waals surface area contributed by atoms with E-state index < -0.39 is 29.2 Å². The van der Waals surface area contributed by atoms with Crippen molar-refractivity contribution in [3.8, 4) is 5.75 Å². The maximum atomic E-state index is 13.5. The predicted octanol–water partition coefficient (Wildman–Crippen LogP) is 2.81. The second-order valence-corrected chi connectivity index (χ2v) is 5.46. The zero-order valence-electron chi connectivity index (χ0n) is 13.5. The molecule has 2 rings (SSSR count). The lowest BCUT2D eigenvalue weighted by atomic mass is 10.1. The van der Waals surface area contributed by atoms with E-state index in [2.05, 4.69) is 5.32 Å². The molecule has 1 amide bonds. The molecule has 0 aliphatic heterocycles. The number of amides is 1. The second kappa shape index (κ2) is 7.88. The van der Waals surface area contributed by atoms with Crippen LogP contribution in [0.4, 0.5) is 8.78 Å². The van der Waals surface area contributed by atoms with E-state index in [-0.39, 0.29) is 13.2 Å². The van der Waals surface area contributed by atoms with Gasteiger partial charge in [-0.3, -0.25) is 4.79 Å². The molecule has 0 aliphatic carbocycles. The van der Waals surface area contributed by atoms with Gasteiger partial charge in [-0.05, 0) is 37.1 Å². The largest absolute Gasteiger partial charge is 0.483 e. The van der Waals surface area contributed by atoms with Crippen molar-refractivity contribution in [3.63, 3.8) is 0 Å². The molecule has 0 saturated carbocycles. The van der Waals surface area contributed by atoms with E-state index in [0.29, 0.717) is 5.75 Å². The average molecular weight is 335 g/mol. The quantitative estimate of drug-likeness (QED) is 0.853. The average Bonchev–Trinajstić information content (AvgIpc) is 2.52. The number of hydrogen-bond donors (Lipinski definition) is 2. The fraction of sp³-hybridized carbons (Fsp3) is 0.278. The van der Waals surface area contributed by atoms with Crippen LogP contribution in [0.15, 0.2) is 36.4 Å². The van der Waals surface area contributed by atoms with Crippen molar-refractivity contribution in [2.45, 2.75) is 20.0 Å². The minimum atomic E-state index is -1.48. The summed E-state index contributed by atoms with van der Waals surface area (Å²) in [5.74, 6) is -1.59. The van der Waals surface area contributed by atoms with Crippen LogP contribution in [0.3, 0.4) is 0 Å². The van der Waals surface area contributed by atoms with Crippen LogP contribution in [0, 0.1) is 25.5 Å². The van der Waals surface area contributed by atoms with Gasteiger partial charge >= 0.3 is 0 Å². The summed E-state index contributed by atoms with van der Waals surface area (Å²) in [5.41, 5.74) is 1.33. The number of rotatable bonds is 6. The summed E-state index contributed by atoms with van der Waals surface area (Å²) in [4.78, 5) is 11.8. The highest BCUT2D eigenvalue weighted by Crippen LogP contribution is 2.22. The molecule has 128 valence electrons. The van der Waals surface area contributed by atoms with E-state index in [9.17, 15) is 18.7 Å². The molecule has 0 bridgehead atoms. The van der Waals surface area contributed by atoms with Gasteiger partial charge in [0.25, 0.3) is 5.91 Å². The zero-order valence-corrected chi connectivity index (χ0v) is 13.5. The summed E-state index contributed by atoms with van der Waals surface area (Å²) in [7, 11) is 0. The monoisotopic (exact) mass is 335 g/mol. The molecule has 0 radical (unpaired) electrons. The molecule has 1 atom stereocenters. The number of ether oxygens (including phenoxy) is 1. The van der Waals surface area contributed by atoms with Gasteiger partial charge < -0.3 is 15.2 Å². The number of halogens is 2. The lowest BCUT2D eigenvalue weighted by Gasteiger charge is -2.15. The van der Waals surface area contributed by atoms with Crippen molar-refractivity contribution in [2.75, 3.05) is 13.2 Å². The van der Waals surface area contributed by atoms with E-state index in [0.717, 1.165) is 23.3 Å². The third-order valence-corrected chi connectivity index (χ3v) is 3.58. The zero-order chi connectivity index (χ0) is 17.7. The van der Waals surface area contributed by atoms with Crippen LogP contribution in [-0.4, -0.2) is 24.2 Å². The van der Waals surface area contributed by atoms with Crippen LogP contribution in [0.25, 0.3) is 0 Å². The smallest absolute Gasteiger partial charge is 0.258 e. The van der Waals surface area contributed by atoms with Gasteiger partial charge in [0, 0.05) is 6.54 Å². The number of benzene rings is 2. The summed E-state index contributed by atoms with van der Waals surface area (Å²) in [6.45, 7) is 3.17. The summed E-state index contributed by atoms with van der Waals surface area (Å²) in [6.07, 6.45) is -1.48. The Morgan fingerprint density at radius 3 is 2.25 bits per heavy atom. The Bertz CT molecular complexity index is 694. The summed E-state index contributed by atoms with van der Waals surface area (Å²) in [5, 5.41) is 12.3. The lowest BCUT2D eigenvalue weighted by Crippen LogP contribution is -2.33. The van der Waals surface area contributed by atoms with Gasteiger partial charge in [0.05, 0.1) is 5.56 Å². The van der Waals surface area contributed by atoms with Crippen molar-refractivity contribution in [1.29, 1.82) is 0 Å². The molecule has 0 heterocycles. The number of aliphatic hydroxyl groups is 1. The fourth-order valence-electron chi connectivity index (χ4n) is 2.36. The van der Waals surface area contributed by atoms with Crippen molar-refractivity contribution in [3.05, 3.63) is 64.7 Å². The fourth-order valence-corrected chi connectivity index (χ4v) is 2.36. The Hall–Kier alpha value is -2.47. The number of hydrogen-bond acceptors (Lipinski definition) is 3. The minimum absolute atomic E-state index is 0.252. The number of nitrogens with one attached hydrogen (secondary N) is 1. The SMILES string of the molecule is Cc1cccc(C)c1OCC(=O)NCC(O)c1c(F)cccc1F. The molecule has 24 heavy (non-hydrogen) atoms. The van der Waals surface area contributed by atoms with E-state index in [4.69, 9.17) is 4.74 Å². The van der Waals surface area contributed by atoms with Gasteiger partial charge in [-0.2, -0.15) is 0 Å². The molecule has 1 unspecified atom stereocenters. The van der Waals surface area contributed by atoms with Crippen LogP contribution in [0.2, 0.25) is 0 Å². The Balaban J connectivity index is 1.89. The van der Waals surface area contributed by atoms with Gasteiger partial charge in [0.2, 0.25) is 0 Å². The lowest BCUT2D eigenvalue weighted by molar-refractivity contribution is -0.123. The molecular formula is C18H19F2NO3. The first-order chi connectivity index (χ1) is 11.4. The normalized spacial score (nSPS) is 11.9. The van der Waals surface area contributed by atoms with E-state index in [1.165, 1.54) is 6.07 Å². The highest BCUT2D eigenvalue weighted by molar-refractivity contribution is 5.77.